The summed E-state index contributed by atoms with van der Waals surface area (Å²) < 4.78 is 0. The third-order valence-corrected chi connectivity index (χ3v) is 5.09. The van der Waals surface area contributed by atoms with Crippen molar-refractivity contribution in [3.63, 3.8) is 0 Å². The van der Waals surface area contributed by atoms with Gasteiger partial charge in [0.2, 0.25) is 0 Å². The summed E-state index contributed by atoms with van der Waals surface area (Å²) in [6.07, 6.45) is 6.68. The highest BCUT2D eigenvalue weighted by Crippen LogP contribution is 2.53. The molecule has 2 heteroatoms. The van der Waals surface area contributed by atoms with Crippen molar-refractivity contribution in [2.45, 2.75) is 58.4 Å². The highest BCUT2D eigenvalue weighted by molar-refractivity contribution is 6.14. The van der Waals surface area contributed by atoms with Crippen molar-refractivity contribution in [3.8, 4) is 0 Å². The molecule has 1 nitrogen and oxygen atoms in total. The first-order chi connectivity index (χ1) is 6.80. The van der Waals surface area contributed by atoms with Gasteiger partial charge in [0.1, 0.15) is 7.85 Å². The molecule has 2 fully saturated rings. The Hall–Kier alpha value is 0.0249. The zero-order valence-electron chi connectivity index (χ0n) is 10.7. The number of hydrogen-bond donors (Lipinski definition) is 1. The van der Waals surface area contributed by atoms with E-state index in [4.69, 9.17) is 0 Å². The van der Waals surface area contributed by atoms with Crippen LogP contribution in [-0.4, -0.2) is 18.5 Å². The minimum Gasteiger partial charge on any atom is -0.399 e. The largest absolute Gasteiger partial charge is 0.399 e. The zero-order chi connectivity index (χ0) is 11.3. The van der Waals surface area contributed by atoms with Gasteiger partial charge in [-0.1, -0.05) is 13.8 Å². The molecule has 15 heavy (non-hydrogen) atoms. The standard InChI is InChI=1S/C13H25BO/c1-9-4-10-6-11(5-9)8-12(2,7-10)13(3,14)15/h9-11,15H,4-8,14H2,1-3H3. The summed E-state index contributed by atoms with van der Waals surface area (Å²) in [7, 11) is 2.00. The molecule has 3 atom stereocenters. The summed E-state index contributed by atoms with van der Waals surface area (Å²) in [5.41, 5.74) is -0.356. The van der Waals surface area contributed by atoms with E-state index < -0.39 is 5.50 Å². The number of aliphatic hydroxyl groups is 1. The lowest BCUT2D eigenvalue weighted by atomic mass is 9.50. The SMILES string of the molecule is BC(C)(O)C1(C)CC2CC(C)CC(C2)C1. The molecule has 0 aromatic rings. The van der Waals surface area contributed by atoms with Crippen molar-refractivity contribution < 1.29 is 5.11 Å². The van der Waals surface area contributed by atoms with E-state index in [2.05, 4.69) is 13.8 Å². The van der Waals surface area contributed by atoms with E-state index in [1.807, 2.05) is 14.8 Å². The predicted octanol–water partition coefficient (Wildman–Crippen LogP) is 2.18. The Kier molecular flexibility index (Phi) is 2.70. The maximum atomic E-state index is 10.3. The molecule has 2 aliphatic carbocycles. The maximum Gasteiger partial charge on any atom is 0.143 e. The van der Waals surface area contributed by atoms with E-state index in [9.17, 15) is 5.11 Å². The number of rotatable bonds is 1. The molecule has 0 aromatic carbocycles. The molecule has 2 rings (SSSR count). The zero-order valence-corrected chi connectivity index (χ0v) is 10.7. The summed E-state index contributed by atoms with van der Waals surface area (Å²) in [4.78, 5) is 0. The first-order valence-corrected chi connectivity index (χ1v) is 6.52. The lowest BCUT2D eigenvalue weighted by molar-refractivity contribution is -0.0632. The van der Waals surface area contributed by atoms with E-state index in [-0.39, 0.29) is 5.41 Å². The monoisotopic (exact) mass is 208 g/mol. The van der Waals surface area contributed by atoms with Crippen LogP contribution in [0.4, 0.5) is 0 Å². The van der Waals surface area contributed by atoms with Gasteiger partial charge >= 0.3 is 0 Å². The molecule has 0 aliphatic heterocycles. The molecule has 2 aliphatic rings. The lowest BCUT2D eigenvalue weighted by Crippen LogP contribution is -2.50. The normalized spacial score (nSPS) is 49.7. The van der Waals surface area contributed by atoms with Crippen molar-refractivity contribution in [1.29, 1.82) is 0 Å². The number of fused-ring (bicyclic) bond motifs is 2. The Morgan fingerprint density at radius 2 is 1.67 bits per heavy atom. The van der Waals surface area contributed by atoms with Gasteiger partial charge in [-0.15, -0.1) is 0 Å². The minimum atomic E-state index is -0.509. The minimum absolute atomic E-state index is 0.153. The molecule has 1 N–H and O–H groups in total. The van der Waals surface area contributed by atoms with E-state index in [1.165, 1.54) is 32.1 Å². The van der Waals surface area contributed by atoms with Crippen molar-refractivity contribution in [1.82, 2.24) is 0 Å². The second-order valence-corrected chi connectivity index (χ2v) is 7.07. The first-order valence-electron chi connectivity index (χ1n) is 6.52. The van der Waals surface area contributed by atoms with Gasteiger partial charge in [0.15, 0.2) is 0 Å². The van der Waals surface area contributed by atoms with Gasteiger partial charge in [0, 0.05) is 5.50 Å². The van der Waals surface area contributed by atoms with Gasteiger partial charge in [0.25, 0.3) is 0 Å². The van der Waals surface area contributed by atoms with Crippen LogP contribution in [0.3, 0.4) is 0 Å². The molecular weight excluding hydrogens is 183 g/mol. The fourth-order valence-corrected chi connectivity index (χ4v) is 4.09. The fourth-order valence-electron chi connectivity index (χ4n) is 4.09. The highest BCUT2D eigenvalue weighted by atomic mass is 16.3. The topological polar surface area (TPSA) is 20.2 Å². The third-order valence-electron chi connectivity index (χ3n) is 5.09. The summed E-state index contributed by atoms with van der Waals surface area (Å²) in [6, 6.07) is 0. The Labute approximate surface area is 95.1 Å². The van der Waals surface area contributed by atoms with Crippen LogP contribution in [0.25, 0.3) is 0 Å². The van der Waals surface area contributed by atoms with Crippen LogP contribution in [0, 0.1) is 23.2 Å². The Morgan fingerprint density at radius 3 is 2.07 bits per heavy atom. The molecule has 86 valence electrons. The van der Waals surface area contributed by atoms with Crippen molar-refractivity contribution in [2.75, 3.05) is 0 Å². The second kappa shape index (κ2) is 3.51. The predicted molar refractivity (Wildman–Crippen MR) is 66.5 cm³/mol. The van der Waals surface area contributed by atoms with Crippen LogP contribution in [0.5, 0.6) is 0 Å². The van der Waals surface area contributed by atoms with Crippen LogP contribution in [-0.2, 0) is 0 Å². The average Bonchev–Trinajstić information content (AvgIpc) is 1.97. The first kappa shape index (κ1) is 11.5. The highest BCUT2D eigenvalue weighted by Gasteiger charge is 2.47. The molecular formula is C13H25BO. The molecule has 2 saturated carbocycles. The van der Waals surface area contributed by atoms with Gasteiger partial charge in [0.05, 0.1) is 0 Å². The van der Waals surface area contributed by atoms with E-state index in [0.717, 1.165) is 17.8 Å². The smallest absolute Gasteiger partial charge is 0.143 e. The molecule has 0 saturated heterocycles. The van der Waals surface area contributed by atoms with Gasteiger partial charge < -0.3 is 5.11 Å². The third kappa shape index (κ3) is 2.11. The van der Waals surface area contributed by atoms with Crippen LogP contribution in [0.2, 0.25) is 0 Å². The van der Waals surface area contributed by atoms with Crippen LogP contribution >= 0.6 is 0 Å². The van der Waals surface area contributed by atoms with Gasteiger partial charge in [-0.2, -0.15) is 0 Å². The summed E-state index contributed by atoms with van der Waals surface area (Å²) in [6.45, 7) is 6.69. The molecule has 0 aromatic heterocycles. The Bertz CT molecular complexity index is 225. The Balaban J connectivity index is 2.14. The van der Waals surface area contributed by atoms with E-state index in [0.29, 0.717) is 0 Å². The van der Waals surface area contributed by atoms with Crippen molar-refractivity contribution >= 4 is 7.85 Å². The lowest BCUT2D eigenvalue weighted by Gasteiger charge is -2.52. The average molecular weight is 208 g/mol. The summed E-state index contributed by atoms with van der Waals surface area (Å²) in [5.74, 6) is 2.67. The summed E-state index contributed by atoms with van der Waals surface area (Å²) in [5, 5.41) is 10.3. The quantitative estimate of drug-likeness (QED) is 0.655. The maximum absolute atomic E-state index is 10.3. The van der Waals surface area contributed by atoms with Crippen LogP contribution < -0.4 is 0 Å². The van der Waals surface area contributed by atoms with Crippen molar-refractivity contribution in [2.24, 2.45) is 23.2 Å². The van der Waals surface area contributed by atoms with Gasteiger partial charge in [-0.05, 0) is 62.2 Å². The molecule has 0 spiro atoms. The van der Waals surface area contributed by atoms with Gasteiger partial charge in [-0.3, -0.25) is 0 Å². The van der Waals surface area contributed by atoms with Crippen LogP contribution in [0.15, 0.2) is 0 Å². The molecule has 0 amide bonds. The van der Waals surface area contributed by atoms with Crippen LogP contribution in [0.1, 0.15) is 52.9 Å². The summed E-state index contributed by atoms with van der Waals surface area (Å²) >= 11 is 0. The van der Waals surface area contributed by atoms with E-state index >= 15 is 0 Å². The van der Waals surface area contributed by atoms with Gasteiger partial charge in [-0.25, -0.2) is 0 Å². The Morgan fingerprint density at radius 1 is 1.20 bits per heavy atom. The molecule has 0 heterocycles. The van der Waals surface area contributed by atoms with Crippen molar-refractivity contribution in [3.05, 3.63) is 0 Å². The number of hydrogen-bond acceptors (Lipinski definition) is 1. The van der Waals surface area contributed by atoms with E-state index in [1.54, 1.807) is 0 Å². The molecule has 0 radical (unpaired) electrons. The fraction of sp³-hybridized carbons (Fsp3) is 1.00. The molecule has 3 unspecified atom stereocenters. The molecule has 2 bridgehead atoms. The second-order valence-electron chi connectivity index (χ2n) is 7.07.